The van der Waals surface area contributed by atoms with Crippen molar-refractivity contribution in [1.82, 2.24) is 10.6 Å². The molecule has 0 bridgehead atoms. The fourth-order valence-electron chi connectivity index (χ4n) is 2.55. The van der Waals surface area contributed by atoms with Crippen LogP contribution >= 0.6 is 0 Å². The maximum Gasteiger partial charge on any atom is 0.225 e. The maximum atomic E-state index is 11.5. The van der Waals surface area contributed by atoms with Crippen LogP contribution in [0.5, 0.6) is 0 Å². The zero-order valence-electron chi connectivity index (χ0n) is 15.1. The van der Waals surface area contributed by atoms with E-state index in [9.17, 15) is 9.59 Å². The molecular weight excluding hydrogens is 292 g/mol. The summed E-state index contributed by atoms with van der Waals surface area (Å²) in [4.78, 5) is 23.1. The van der Waals surface area contributed by atoms with Crippen molar-refractivity contribution in [3.63, 3.8) is 0 Å². The molecule has 0 spiro atoms. The van der Waals surface area contributed by atoms with Crippen molar-refractivity contribution in [2.75, 3.05) is 13.1 Å². The second kappa shape index (κ2) is 10.1. The lowest BCUT2D eigenvalue weighted by atomic mass is 9.80. The fourth-order valence-corrected chi connectivity index (χ4v) is 2.55. The number of amides is 2. The van der Waals surface area contributed by atoms with Crippen molar-refractivity contribution in [3.05, 3.63) is 0 Å². The van der Waals surface area contributed by atoms with Gasteiger partial charge in [0, 0.05) is 24.5 Å². The molecule has 0 saturated carbocycles. The summed E-state index contributed by atoms with van der Waals surface area (Å²) in [7, 11) is 0. The molecule has 0 aromatic heterocycles. The topological polar surface area (TPSA) is 106 Å². The maximum absolute atomic E-state index is 11.5. The summed E-state index contributed by atoms with van der Waals surface area (Å²) >= 11 is 0. The van der Waals surface area contributed by atoms with Crippen molar-refractivity contribution in [2.45, 2.75) is 60.3 Å². The Bertz CT molecular complexity index is 444. The van der Waals surface area contributed by atoms with Crippen molar-refractivity contribution >= 4 is 23.2 Å². The third kappa shape index (κ3) is 12.5. The minimum absolute atomic E-state index is 0.0641. The van der Waals surface area contributed by atoms with Gasteiger partial charge < -0.3 is 21.5 Å². The normalized spacial score (nSPS) is 12.4. The number of rotatable bonds is 11. The van der Waals surface area contributed by atoms with E-state index in [2.05, 4.69) is 31.4 Å². The van der Waals surface area contributed by atoms with E-state index in [-0.39, 0.29) is 30.1 Å². The minimum atomic E-state index is -0.101. The zero-order valence-corrected chi connectivity index (χ0v) is 15.1. The molecule has 132 valence electrons. The molecular formula is C17H32N4O2. The summed E-state index contributed by atoms with van der Waals surface area (Å²) in [5.41, 5.74) is 0.798. The van der Waals surface area contributed by atoms with Gasteiger partial charge in [0.2, 0.25) is 11.8 Å². The van der Waals surface area contributed by atoms with Crippen LogP contribution in [0, 0.1) is 22.2 Å². The lowest BCUT2D eigenvalue weighted by Gasteiger charge is -2.28. The first-order chi connectivity index (χ1) is 10.5. The van der Waals surface area contributed by atoms with Crippen molar-refractivity contribution in [1.29, 1.82) is 10.8 Å². The number of nitrogens with one attached hydrogen (secondary N) is 4. The van der Waals surface area contributed by atoms with Gasteiger partial charge in [0.15, 0.2) is 0 Å². The van der Waals surface area contributed by atoms with Crippen molar-refractivity contribution in [2.24, 2.45) is 11.3 Å². The van der Waals surface area contributed by atoms with Crippen LogP contribution in [0.2, 0.25) is 0 Å². The second-order valence-corrected chi connectivity index (χ2v) is 7.29. The first-order valence-corrected chi connectivity index (χ1v) is 8.13. The predicted octanol–water partition coefficient (Wildman–Crippen LogP) is 2.52. The molecule has 4 N–H and O–H groups in total. The molecule has 0 saturated heterocycles. The Hall–Kier alpha value is -1.72. The van der Waals surface area contributed by atoms with Crippen LogP contribution in [-0.4, -0.2) is 36.3 Å². The third-order valence-corrected chi connectivity index (χ3v) is 3.52. The van der Waals surface area contributed by atoms with E-state index < -0.39 is 0 Å². The Morgan fingerprint density at radius 3 is 1.96 bits per heavy atom. The Morgan fingerprint density at radius 1 is 1.00 bits per heavy atom. The summed E-state index contributed by atoms with van der Waals surface area (Å²) in [5, 5.41) is 20.3. The van der Waals surface area contributed by atoms with E-state index >= 15 is 0 Å². The van der Waals surface area contributed by atoms with Crippen LogP contribution in [0.3, 0.4) is 0 Å². The highest BCUT2D eigenvalue weighted by Gasteiger charge is 2.21. The van der Waals surface area contributed by atoms with E-state index in [0.717, 1.165) is 12.8 Å². The third-order valence-electron chi connectivity index (χ3n) is 3.52. The van der Waals surface area contributed by atoms with Crippen LogP contribution in [0.1, 0.15) is 60.3 Å². The predicted molar refractivity (Wildman–Crippen MR) is 94.2 cm³/mol. The summed E-state index contributed by atoms with van der Waals surface area (Å²) < 4.78 is 0. The summed E-state index contributed by atoms with van der Waals surface area (Å²) in [6.45, 7) is 10.9. The molecule has 23 heavy (non-hydrogen) atoms. The van der Waals surface area contributed by atoms with Gasteiger partial charge in [-0.05, 0) is 38.0 Å². The van der Waals surface area contributed by atoms with Crippen molar-refractivity contribution in [3.8, 4) is 0 Å². The molecule has 0 heterocycles. The van der Waals surface area contributed by atoms with Gasteiger partial charge in [0.1, 0.15) is 0 Å². The SMILES string of the molecule is CC(=N)CC(=O)NCCC(C)(C)CC(C)CNC(=O)CC(C)=N. The molecule has 1 unspecified atom stereocenters. The average molecular weight is 324 g/mol. The Balaban J connectivity index is 4.05. The van der Waals surface area contributed by atoms with E-state index in [1.165, 1.54) is 0 Å². The molecule has 6 nitrogen and oxygen atoms in total. The molecule has 1 atom stereocenters. The van der Waals surface area contributed by atoms with Gasteiger partial charge in [-0.1, -0.05) is 20.8 Å². The van der Waals surface area contributed by atoms with Gasteiger partial charge in [-0.25, -0.2) is 0 Å². The molecule has 0 radical (unpaired) electrons. The van der Waals surface area contributed by atoms with Crippen molar-refractivity contribution < 1.29 is 9.59 Å². The van der Waals surface area contributed by atoms with Crippen LogP contribution < -0.4 is 10.6 Å². The van der Waals surface area contributed by atoms with Crippen LogP contribution in [-0.2, 0) is 9.59 Å². The Morgan fingerprint density at radius 2 is 1.48 bits per heavy atom. The number of carbonyl (C=O) groups is 2. The first kappa shape index (κ1) is 21.3. The van der Waals surface area contributed by atoms with E-state index in [4.69, 9.17) is 10.8 Å². The monoisotopic (exact) mass is 324 g/mol. The van der Waals surface area contributed by atoms with Crippen LogP contribution in [0.15, 0.2) is 0 Å². The fraction of sp³-hybridized carbons (Fsp3) is 0.765. The largest absolute Gasteiger partial charge is 0.356 e. The quantitative estimate of drug-likeness (QED) is 0.438. The summed E-state index contributed by atoms with van der Waals surface area (Å²) in [6.07, 6.45) is 2.12. The molecule has 0 fully saturated rings. The number of hydrogen-bond acceptors (Lipinski definition) is 4. The van der Waals surface area contributed by atoms with Gasteiger partial charge in [-0.15, -0.1) is 0 Å². The lowest BCUT2D eigenvalue weighted by molar-refractivity contribution is -0.121. The van der Waals surface area contributed by atoms with E-state index in [1.807, 2.05) is 0 Å². The standard InChI is InChI=1S/C17H32N4O2/c1-12(11-21-16(23)9-14(3)19)10-17(4,5)6-7-20-15(22)8-13(2)18/h12,18-19H,6-11H2,1-5H3,(H,20,22)(H,21,23). The highest BCUT2D eigenvalue weighted by atomic mass is 16.2. The van der Waals surface area contributed by atoms with Gasteiger partial charge in [0.05, 0.1) is 12.8 Å². The molecule has 0 aromatic carbocycles. The minimum Gasteiger partial charge on any atom is -0.356 e. The van der Waals surface area contributed by atoms with E-state index in [0.29, 0.717) is 30.4 Å². The Labute approximate surface area is 139 Å². The van der Waals surface area contributed by atoms with Gasteiger partial charge in [-0.2, -0.15) is 0 Å². The van der Waals surface area contributed by atoms with E-state index in [1.54, 1.807) is 13.8 Å². The number of carbonyl (C=O) groups excluding carboxylic acids is 2. The molecule has 0 rings (SSSR count). The summed E-state index contributed by atoms with van der Waals surface area (Å²) in [5.74, 6) is 0.131. The second-order valence-electron chi connectivity index (χ2n) is 7.29. The molecule has 0 aliphatic rings. The zero-order chi connectivity index (χ0) is 18.0. The highest BCUT2D eigenvalue weighted by Crippen LogP contribution is 2.28. The lowest BCUT2D eigenvalue weighted by Crippen LogP contribution is -2.33. The van der Waals surface area contributed by atoms with Crippen LogP contribution in [0.25, 0.3) is 0 Å². The first-order valence-electron chi connectivity index (χ1n) is 8.13. The molecule has 6 heteroatoms. The Kier molecular flexibility index (Phi) is 9.37. The average Bonchev–Trinajstić information content (AvgIpc) is 2.33. The van der Waals surface area contributed by atoms with Crippen LogP contribution in [0.4, 0.5) is 0 Å². The van der Waals surface area contributed by atoms with Gasteiger partial charge in [-0.3, -0.25) is 9.59 Å². The number of hydrogen-bond donors (Lipinski definition) is 4. The van der Waals surface area contributed by atoms with Gasteiger partial charge in [0.25, 0.3) is 0 Å². The summed E-state index contributed by atoms with van der Waals surface area (Å²) in [6, 6.07) is 0. The molecule has 2 amide bonds. The highest BCUT2D eigenvalue weighted by molar-refractivity contribution is 5.98. The van der Waals surface area contributed by atoms with Gasteiger partial charge >= 0.3 is 0 Å². The molecule has 0 aromatic rings. The smallest absolute Gasteiger partial charge is 0.225 e. The molecule has 0 aliphatic carbocycles. The molecule has 0 aliphatic heterocycles.